The van der Waals surface area contributed by atoms with Gasteiger partial charge in [-0.05, 0) is 31.4 Å². The predicted molar refractivity (Wildman–Crippen MR) is 45.3 cm³/mol. The second kappa shape index (κ2) is 4.15. The molecule has 0 aliphatic heterocycles. The Labute approximate surface area is 67.8 Å². The van der Waals surface area contributed by atoms with E-state index in [9.17, 15) is 4.79 Å². The van der Waals surface area contributed by atoms with Gasteiger partial charge in [-0.2, -0.15) is 0 Å². The minimum atomic E-state index is 0.167. The minimum Gasteiger partial charge on any atom is -0.299 e. The summed E-state index contributed by atoms with van der Waals surface area (Å²) < 4.78 is 0. The lowest BCUT2D eigenvalue weighted by atomic mass is 9.93. The summed E-state index contributed by atoms with van der Waals surface area (Å²) >= 11 is 0. The van der Waals surface area contributed by atoms with E-state index < -0.39 is 0 Å². The van der Waals surface area contributed by atoms with Crippen LogP contribution in [0.2, 0.25) is 0 Å². The van der Waals surface area contributed by atoms with Gasteiger partial charge >= 0.3 is 0 Å². The van der Waals surface area contributed by atoms with E-state index in [1.165, 1.54) is 0 Å². The second-order valence-corrected chi connectivity index (χ2v) is 2.94. The van der Waals surface area contributed by atoms with Crippen molar-refractivity contribution in [1.29, 1.82) is 0 Å². The molecule has 1 aliphatic rings. The molecule has 0 aromatic heterocycles. The van der Waals surface area contributed by atoms with Gasteiger partial charge in [-0.25, -0.2) is 0 Å². The Bertz CT molecular complexity index is 197. The van der Waals surface area contributed by atoms with Gasteiger partial charge in [0.2, 0.25) is 0 Å². The Kier molecular flexibility index (Phi) is 3.13. The molecule has 0 aromatic rings. The molecule has 0 bridgehead atoms. The molecule has 0 saturated heterocycles. The first-order valence-electron chi connectivity index (χ1n) is 4.28. The first kappa shape index (κ1) is 8.29. The lowest BCUT2D eigenvalue weighted by Gasteiger charge is -2.10. The molecule has 0 amide bonds. The van der Waals surface area contributed by atoms with Crippen molar-refractivity contribution in [2.75, 3.05) is 0 Å². The summed E-state index contributed by atoms with van der Waals surface area (Å²) in [5, 5.41) is 0. The van der Waals surface area contributed by atoms with Crippen LogP contribution in [0.15, 0.2) is 17.9 Å². The van der Waals surface area contributed by atoms with Crippen LogP contribution in [0.5, 0.6) is 0 Å². The maximum atomic E-state index is 11.3. The highest BCUT2D eigenvalue weighted by molar-refractivity contribution is 5.82. The molecule has 1 nitrogen and oxygen atoms in total. The first-order valence-corrected chi connectivity index (χ1v) is 4.28. The van der Waals surface area contributed by atoms with Crippen LogP contribution in [-0.4, -0.2) is 5.78 Å². The summed E-state index contributed by atoms with van der Waals surface area (Å²) in [6, 6.07) is 0. The minimum absolute atomic E-state index is 0.167. The predicted octanol–water partition coefficient (Wildman–Crippen LogP) is 2.48. The summed E-state index contributed by atoms with van der Waals surface area (Å²) in [6.07, 6.45) is 7.59. The third-order valence-electron chi connectivity index (χ3n) is 1.95. The SMILES string of the molecule is CCCC(=O)C1C=C=CCC1. The molecule has 11 heavy (non-hydrogen) atoms. The van der Waals surface area contributed by atoms with E-state index in [0.717, 1.165) is 25.7 Å². The molecule has 0 heterocycles. The number of carbonyl (C=O) groups is 1. The number of allylic oxidation sites excluding steroid dienone is 1. The van der Waals surface area contributed by atoms with Crippen molar-refractivity contribution in [3.05, 3.63) is 17.9 Å². The fourth-order valence-electron chi connectivity index (χ4n) is 1.30. The van der Waals surface area contributed by atoms with Crippen LogP contribution >= 0.6 is 0 Å². The highest BCUT2D eigenvalue weighted by Gasteiger charge is 2.14. The Morgan fingerprint density at radius 2 is 2.55 bits per heavy atom. The molecule has 0 fully saturated rings. The Morgan fingerprint density at radius 1 is 1.73 bits per heavy atom. The fourth-order valence-corrected chi connectivity index (χ4v) is 1.30. The van der Waals surface area contributed by atoms with Crippen LogP contribution in [0.1, 0.15) is 32.6 Å². The average molecular weight is 150 g/mol. The van der Waals surface area contributed by atoms with Crippen molar-refractivity contribution < 1.29 is 4.79 Å². The molecule has 0 aromatic carbocycles. The smallest absolute Gasteiger partial charge is 0.140 e. The van der Waals surface area contributed by atoms with Crippen LogP contribution in [0, 0.1) is 5.92 Å². The van der Waals surface area contributed by atoms with E-state index >= 15 is 0 Å². The van der Waals surface area contributed by atoms with Gasteiger partial charge in [-0.3, -0.25) is 4.79 Å². The monoisotopic (exact) mass is 150 g/mol. The molecule has 1 heteroatoms. The third-order valence-corrected chi connectivity index (χ3v) is 1.95. The molecule has 60 valence electrons. The van der Waals surface area contributed by atoms with Crippen molar-refractivity contribution in [2.45, 2.75) is 32.6 Å². The maximum Gasteiger partial charge on any atom is 0.140 e. The van der Waals surface area contributed by atoms with Crippen LogP contribution in [-0.2, 0) is 4.79 Å². The van der Waals surface area contributed by atoms with Crippen molar-refractivity contribution in [3.8, 4) is 0 Å². The summed E-state index contributed by atoms with van der Waals surface area (Å²) in [7, 11) is 0. The standard InChI is InChI=1S/C10H14O/c1-2-6-10(11)9-7-4-3-5-8-9/h3,8-9H,2,4,6-7H2,1H3. The van der Waals surface area contributed by atoms with Crippen LogP contribution in [0.3, 0.4) is 0 Å². The molecule has 0 spiro atoms. The number of hydrogen-bond acceptors (Lipinski definition) is 1. The summed E-state index contributed by atoms with van der Waals surface area (Å²) in [5.41, 5.74) is 3.00. The third kappa shape index (κ3) is 2.36. The van der Waals surface area contributed by atoms with Gasteiger partial charge in [0.1, 0.15) is 5.78 Å². The topological polar surface area (TPSA) is 17.1 Å². The van der Waals surface area contributed by atoms with Gasteiger partial charge in [0.05, 0.1) is 0 Å². The van der Waals surface area contributed by atoms with Gasteiger partial charge < -0.3 is 0 Å². The number of rotatable bonds is 3. The van der Waals surface area contributed by atoms with E-state index in [1.807, 2.05) is 19.1 Å². The highest BCUT2D eigenvalue weighted by atomic mass is 16.1. The van der Waals surface area contributed by atoms with Crippen LogP contribution < -0.4 is 0 Å². The van der Waals surface area contributed by atoms with Gasteiger partial charge in [0.15, 0.2) is 0 Å². The second-order valence-electron chi connectivity index (χ2n) is 2.94. The molecule has 1 rings (SSSR count). The van der Waals surface area contributed by atoms with Crippen molar-refractivity contribution in [2.24, 2.45) is 5.92 Å². The molecule has 1 unspecified atom stereocenters. The lowest BCUT2D eigenvalue weighted by molar-refractivity contribution is -0.121. The van der Waals surface area contributed by atoms with E-state index in [1.54, 1.807) is 0 Å². The Morgan fingerprint density at radius 3 is 3.09 bits per heavy atom. The molecule has 0 N–H and O–H groups in total. The summed E-state index contributed by atoms with van der Waals surface area (Å²) in [5.74, 6) is 0.549. The van der Waals surface area contributed by atoms with E-state index in [0.29, 0.717) is 5.78 Å². The van der Waals surface area contributed by atoms with E-state index in [-0.39, 0.29) is 5.92 Å². The van der Waals surface area contributed by atoms with Gasteiger partial charge in [-0.15, -0.1) is 5.73 Å². The molecular weight excluding hydrogens is 136 g/mol. The van der Waals surface area contributed by atoms with Crippen molar-refractivity contribution in [1.82, 2.24) is 0 Å². The van der Waals surface area contributed by atoms with Gasteiger partial charge in [-0.1, -0.05) is 6.92 Å². The Balaban J connectivity index is 2.47. The number of carbonyl (C=O) groups excluding carboxylic acids is 1. The van der Waals surface area contributed by atoms with E-state index in [2.05, 4.69) is 5.73 Å². The maximum absolute atomic E-state index is 11.3. The van der Waals surface area contributed by atoms with Gasteiger partial charge in [0, 0.05) is 12.3 Å². The van der Waals surface area contributed by atoms with E-state index in [4.69, 9.17) is 0 Å². The molecular formula is C10H14O. The molecule has 0 saturated carbocycles. The first-order chi connectivity index (χ1) is 5.34. The van der Waals surface area contributed by atoms with Crippen molar-refractivity contribution >= 4 is 5.78 Å². The lowest BCUT2D eigenvalue weighted by Crippen LogP contribution is -2.12. The molecule has 0 radical (unpaired) electrons. The zero-order valence-electron chi connectivity index (χ0n) is 6.97. The average Bonchev–Trinajstić information content (AvgIpc) is 2.07. The number of ketones is 1. The highest BCUT2D eigenvalue weighted by Crippen LogP contribution is 2.15. The van der Waals surface area contributed by atoms with Gasteiger partial charge in [0.25, 0.3) is 0 Å². The molecule has 1 aliphatic carbocycles. The Hall–Kier alpha value is -0.810. The number of hydrogen-bond donors (Lipinski definition) is 0. The van der Waals surface area contributed by atoms with Crippen LogP contribution in [0.25, 0.3) is 0 Å². The zero-order valence-corrected chi connectivity index (χ0v) is 6.97. The quantitative estimate of drug-likeness (QED) is 0.565. The largest absolute Gasteiger partial charge is 0.299 e. The molecule has 1 atom stereocenters. The summed E-state index contributed by atoms with van der Waals surface area (Å²) in [6.45, 7) is 2.04. The van der Waals surface area contributed by atoms with Crippen LogP contribution in [0.4, 0.5) is 0 Å². The van der Waals surface area contributed by atoms with Crippen molar-refractivity contribution in [3.63, 3.8) is 0 Å². The normalized spacial score (nSPS) is 22.1. The fraction of sp³-hybridized carbons (Fsp3) is 0.600. The zero-order chi connectivity index (χ0) is 8.10. The summed E-state index contributed by atoms with van der Waals surface area (Å²) in [4.78, 5) is 11.3. The number of Topliss-reactive ketones (excluding diaryl/α,β-unsaturated/α-hetero) is 1.